The molecule has 0 aliphatic carbocycles. The van der Waals surface area contributed by atoms with E-state index in [9.17, 15) is 13.2 Å². The van der Waals surface area contributed by atoms with Gasteiger partial charge in [-0.15, -0.1) is 0 Å². The van der Waals surface area contributed by atoms with E-state index in [4.69, 9.17) is 10.0 Å². The van der Waals surface area contributed by atoms with Crippen molar-refractivity contribution >= 4 is 37.4 Å². The summed E-state index contributed by atoms with van der Waals surface area (Å²) >= 11 is 3.35. The van der Waals surface area contributed by atoms with Gasteiger partial charge in [-0.3, -0.25) is 10.0 Å². The average Bonchev–Trinajstić information content (AvgIpc) is 2.94. The molecule has 1 amide bonds. The maximum Gasteiger partial charge on any atom is 0.264 e. The number of hydrogen-bond donors (Lipinski definition) is 2. The molecule has 2 N–H and O–H groups in total. The van der Waals surface area contributed by atoms with Gasteiger partial charge < -0.3 is 4.84 Å². The molecule has 0 spiro atoms. The summed E-state index contributed by atoms with van der Waals surface area (Å²) in [4.78, 5) is 17.1. The fourth-order valence-electron chi connectivity index (χ4n) is 2.32. The normalized spacial score (nSPS) is 20.3. The predicted octanol–water partition coefficient (Wildman–Crippen LogP) is 1.64. The molecule has 126 valence electrons. The Labute approximate surface area is 142 Å². The molecule has 2 atom stereocenters. The minimum absolute atomic E-state index is 0.109. The van der Waals surface area contributed by atoms with Crippen molar-refractivity contribution in [1.29, 1.82) is 0 Å². The Morgan fingerprint density at radius 1 is 1.48 bits per heavy atom. The van der Waals surface area contributed by atoms with Crippen LogP contribution >= 0.6 is 15.9 Å². The van der Waals surface area contributed by atoms with E-state index in [1.54, 1.807) is 0 Å². The number of sulfone groups is 1. The topological polar surface area (TPSA) is 105 Å². The van der Waals surface area contributed by atoms with Crippen molar-refractivity contribution in [3.63, 3.8) is 0 Å². The van der Waals surface area contributed by atoms with Gasteiger partial charge in [0.25, 0.3) is 5.91 Å². The lowest BCUT2D eigenvalue weighted by Gasteiger charge is -2.26. The molecule has 1 heterocycles. The minimum atomic E-state index is -3.76. The van der Waals surface area contributed by atoms with Crippen LogP contribution in [-0.4, -0.2) is 42.4 Å². The first-order valence-electron chi connectivity index (χ1n) is 6.80. The summed E-state index contributed by atoms with van der Waals surface area (Å²) in [5, 5.41) is 12.8. The van der Waals surface area contributed by atoms with Gasteiger partial charge in [0.2, 0.25) is 0 Å². The van der Waals surface area contributed by atoms with Gasteiger partial charge in [0.1, 0.15) is 6.10 Å². The first-order valence-corrected chi connectivity index (χ1v) is 9.48. The fourth-order valence-corrected chi connectivity index (χ4v) is 3.45. The van der Waals surface area contributed by atoms with E-state index in [-0.39, 0.29) is 6.42 Å². The Balaban J connectivity index is 2.14. The Hall–Kier alpha value is -1.45. The Morgan fingerprint density at radius 3 is 2.61 bits per heavy atom. The van der Waals surface area contributed by atoms with Crippen molar-refractivity contribution < 1.29 is 23.3 Å². The summed E-state index contributed by atoms with van der Waals surface area (Å²) < 4.78 is 23.1. The molecule has 7 nitrogen and oxygen atoms in total. The Morgan fingerprint density at radius 2 is 2.09 bits per heavy atom. The molecule has 1 aliphatic heterocycles. The highest BCUT2D eigenvalue weighted by atomic mass is 79.9. The van der Waals surface area contributed by atoms with Gasteiger partial charge in [-0.05, 0) is 24.6 Å². The van der Waals surface area contributed by atoms with E-state index < -0.39 is 26.6 Å². The maximum absolute atomic E-state index is 12.0. The van der Waals surface area contributed by atoms with Gasteiger partial charge in [-0.1, -0.05) is 33.2 Å². The van der Waals surface area contributed by atoms with Crippen LogP contribution in [0.1, 0.15) is 25.3 Å². The molecule has 23 heavy (non-hydrogen) atoms. The third kappa shape index (κ3) is 3.73. The average molecular weight is 405 g/mol. The number of halogens is 1. The van der Waals surface area contributed by atoms with E-state index >= 15 is 0 Å². The molecule has 0 saturated carbocycles. The third-order valence-corrected chi connectivity index (χ3v) is 6.45. The molecule has 2 rings (SSSR count). The number of benzene rings is 1. The molecule has 0 aromatic heterocycles. The van der Waals surface area contributed by atoms with Crippen molar-refractivity contribution in [3.8, 4) is 0 Å². The van der Waals surface area contributed by atoms with Crippen LogP contribution in [0.5, 0.6) is 0 Å². The number of carbonyl (C=O) groups is 1. The molecule has 0 bridgehead atoms. The van der Waals surface area contributed by atoms with Gasteiger partial charge >= 0.3 is 0 Å². The summed E-state index contributed by atoms with van der Waals surface area (Å²) in [5.41, 5.74) is 2.97. The second-order valence-electron chi connectivity index (χ2n) is 5.62. The van der Waals surface area contributed by atoms with Crippen LogP contribution in [0.15, 0.2) is 33.9 Å². The number of hydrogen-bond acceptors (Lipinski definition) is 6. The smallest absolute Gasteiger partial charge is 0.264 e. The second kappa shape index (κ2) is 6.58. The van der Waals surface area contributed by atoms with Crippen molar-refractivity contribution in [2.24, 2.45) is 5.16 Å². The summed E-state index contributed by atoms with van der Waals surface area (Å²) in [5.74, 6) is -0.985. The predicted molar refractivity (Wildman–Crippen MR) is 88.0 cm³/mol. The van der Waals surface area contributed by atoms with Gasteiger partial charge in [0, 0.05) is 23.6 Å². The maximum atomic E-state index is 12.0. The van der Waals surface area contributed by atoms with Gasteiger partial charge in [-0.2, -0.15) is 0 Å². The SMILES string of the molecule is C[C@@](C[C@H]1CC(c2ccc(Br)cc2)=NO1)(C(=O)NO)S(C)(=O)=O. The molecule has 0 unspecified atom stereocenters. The number of oxime groups is 1. The van der Waals surface area contributed by atoms with Crippen LogP contribution in [0.2, 0.25) is 0 Å². The summed E-state index contributed by atoms with van der Waals surface area (Å²) in [7, 11) is -3.76. The number of rotatable bonds is 5. The highest BCUT2D eigenvalue weighted by Gasteiger charge is 2.46. The van der Waals surface area contributed by atoms with Gasteiger partial charge in [-0.25, -0.2) is 13.9 Å². The van der Waals surface area contributed by atoms with Crippen LogP contribution in [0.3, 0.4) is 0 Å². The molecule has 0 saturated heterocycles. The molecular formula is C14H17BrN2O5S. The summed E-state index contributed by atoms with van der Waals surface area (Å²) in [6, 6.07) is 7.46. The second-order valence-corrected chi connectivity index (χ2v) is 8.99. The van der Waals surface area contributed by atoms with E-state index in [1.807, 2.05) is 24.3 Å². The number of hydroxylamine groups is 1. The van der Waals surface area contributed by atoms with Crippen LogP contribution in [-0.2, 0) is 19.5 Å². The number of nitrogens with one attached hydrogen (secondary N) is 1. The first kappa shape index (κ1) is 17.9. The largest absolute Gasteiger partial charge is 0.392 e. The lowest BCUT2D eigenvalue weighted by molar-refractivity contribution is -0.132. The van der Waals surface area contributed by atoms with E-state index in [0.29, 0.717) is 12.1 Å². The highest BCUT2D eigenvalue weighted by Crippen LogP contribution is 2.29. The van der Waals surface area contributed by atoms with Crippen molar-refractivity contribution in [3.05, 3.63) is 34.3 Å². The Kier molecular flexibility index (Phi) is 5.12. The monoisotopic (exact) mass is 404 g/mol. The first-order chi connectivity index (χ1) is 10.7. The van der Waals surface area contributed by atoms with Crippen LogP contribution < -0.4 is 5.48 Å². The quantitative estimate of drug-likeness (QED) is 0.573. The third-order valence-electron chi connectivity index (χ3n) is 3.93. The number of nitrogens with zero attached hydrogens (tertiary/aromatic N) is 1. The zero-order valence-electron chi connectivity index (χ0n) is 12.6. The molecule has 1 aliphatic rings. The van der Waals surface area contributed by atoms with Gasteiger partial charge in [0.05, 0.1) is 5.71 Å². The summed E-state index contributed by atoms with van der Waals surface area (Å²) in [6.45, 7) is 1.26. The fraction of sp³-hybridized carbons (Fsp3) is 0.429. The van der Waals surface area contributed by atoms with E-state index in [0.717, 1.165) is 16.3 Å². The minimum Gasteiger partial charge on any atom is -0.392 e. The van der Waals surface area contributed by atoms with Crippen LogP contribution in [0, 0.1) is 0 Å². The Bertz CT molecular complexity index is 732. The number of carbonyl (C=O) groups excluding carboxylic acids is 1. The standard InChI is InChI=1S/C14H17BrN2O5S/c1-14(13(18)16-19,23(2,20)21)8-11-7-12(17-22-11)9-3-5-10(15)6-4-9/h3-6,11,19H,7-8H2,1-2H3,(H,16,18)/t11-,14-/m1/s1. The molecule has 1 aromatic carbocycles. The zero-order chi connectivity index (χ0) is 17.3. The van der Waals surface area contributed by atoms with Gasteiger partial charge in [0.15, 0.2) is 14.6 Å². The molecule has 9 heteroatoms. The summed E-state index contributed by atoms with van der Waals surface area (Å²) in [6.07, 6.45) is 0.659. The van der Waals surface area contributed by atoms with Crippen molar-refractivity contribution in [2.45, 2.75) is 30.6 Å². The number of amides is 1. The molecule has 1 aromatic rings. The van der Waals surface area contributed by atoms with E-state index in [1.165, 1.54) is 12.4 Å². The van der Waals surface area contributed by atoms with Crippen molar-refractivity contribution in [2.75, 3.05) is 6.26 Å². The molecule has 0 fully saturated rings. The molecular weight excluding hydrogens is 388 g/mol. The lowest BCUT2D eigenvalue weighted by Crippen LogP contribution is -2.51. The molecule has 0 radical (unpaired) electrons. The van der Waals surface area contributed by atoms with E-state index in [2.05, 4.69) is 21.1 Å². The lowest BCUT2D eigenvalue weighted by atomic mass is 9.96. The zero-order valence-corrected chi connectivity index (χ0v) is 15.0. The van der Waals surface area contributed by atoms with Crippen LogP contribution in [0.4, 0.5) is 0 Å². The van der Waals surface area contributed by atoms with Crippen molar-refractivity contribution in [1.82, 2.24) is 5.48 Å². The highest BCUT2D eigenvalue weighted by molar-refractivity contribution is 9.10. The van der Waals surface area contributed by atoms with Crippen LogP contribution in [0.25, 0.3) is 0 Å².